The van der Waals surface area contributed by atoms with E-state index < -0.39 is 0 Å². The van der Waals surface area contributed by atoms with E-state index in [0.29, 0.717) is 22.4 Å². The lowest BCUT2D eigenvalue weighted by Gasteiger charge is -2.28. The Bertz CT molecular complexity index is 1390. The lowest BCUT2D eigenvalue weighted by Crippen LogP contribution is -2.43. The third kappa shape index (κ3) is 6.45. The first-order chi connectivity index (χ1) is 18.7. The predicted octanol–water partition coefficient (Wildman–Crippen LogP) is 3.88. The zero-order valence-electron chi connectivity index (χ0n) is 23.2. The monoisotopic (exact) mass is 526 g/mol. The molecule has 9 heteroatoms. The van der Waals surface area contributed by atoms with Gasteiger partial charge in [0.25, 0.3) is 5.91 Å². The molecule has 2 aromatic rings. The number of aliphatic imine (C=N–C) groups is 2. The van der Waals surface area contributed by atoms with Gasteiger partial charge < -0.3 is 15.5 Å². The first kappa shape index (κ1) is 27.8. The van der Waals surface area contributed by atoms with Crippen molar-refractivity contribution in [3.8, 4) is 0 Å². The number of carbonyl (C=O) groups is 2. The SMILES string of the molecule is CCCc1ccnc(NC(=O)c2ccc(C3=NC(C(C)NC(=O)/C=C/CN(C)C)=C4C=NC=C[N+]34C)cc2)c1. The third-order valence-electron chi connectivity index (χ3n) is 6.60. The van der Waals surface area contributed by atoms with Crippen LogP contribution in [0.5, 0.6) is 0 Å². The Hall–Kier alpha value is -4.21. The topological polar surface area (TPSA) is 99.0 Å². The Morgan fingerprint density at radius 1 is 1.15 bits per heavy atom. The smallest absolute Gasteiger partial charge is 0.256 e. The number of likely N-dealkylation sites (N-methyl/N-ethyl adjacent to an activating group) is 1. The van der Waals surface area contributed by atoms with Crippen molar-refractivity contribution in [2.45, 2.75) is 32.7 Å². The predicted molar refractivity (Wildman–Crippen MR) is 155 cm³/mol. The number of hydrogen-bond donors (Lipinski definition) is 2. The molecule has 0 saturated heterocycles. The van der Waals surface area contributed by atoms with Crippen LogP contribution in [0.2, 0.25) is 0 Å². The number of pyridine rings is 1. The maximum atomic E-state index is 12.9. The number of nitrogens with one attached hydrogen (secondary N) is 2. The number of hydrogen-bond acceptors (Lipinski definition) is 6. The molecular weight excluding hydrogens is 490 g/mol. The van der Waals surface area contributed by atoms with Gasteiger partial charge in [0.05, 0.1) is 31.1 Å². The summed E-state index contributed by atoms with van der Waals surface area (Å²) < 4.78 is 0.315. The van der Waals surface area contributed by atoms with E-state index in [-0.39, 0.29) is 17.9 Å². The van der Waals surface area contributed by atoms with E-state index >= 15 is 0 Å². The summed E-state index contributed by atoms with van der Waals surface area (Å²) in [5.74, 6) is 0.924. The van der Waals surface area contributed by atoms with Crippen LogP contribution in [0.4, 0.5) is 5.82 Å². The molecule has 2 N–H and O–H groups in total. The van der Waals surface area contributed by atoms with E-state index in [0.717, 1.165) is 41.2 Å². The van der Waals surface area contributed by atoms with Crippen molar-refractivity contribution in [3.05, 3.63) is 95.2 Å². The normalized spacial score (nSPS) is 18.9. The molecule has 2 unspecified atom stereocenters. The minimum Gasteiger partial charge on any atom is -0.344 e. The first-order valence-corrected chi connectivity index (χ1v) is 13.1. The fourth-order valence-electron chi connectivity index (χ4n) is 4.55. The quantitative estimate of drug-likeness (QED) is 0.363. The van der Waals surface area contributed by atoms with Crippen LogP contribution in [-0.2, 0) is 11.2 Å². The molecule has 0 aliphatic carbocycles. The van der Waals surface area contributed by atoms with Crippen LogP contribution in [0, 0.1) is 0 Å². The number of rotatable bonds is 10. The van der Waals surface area contributed by atoms with Gasteiger partial charge in [-0.25, -0.2) is 9.47 Å². The molecule has 9 nitrogen and oxygen atoms in total. The summed E-state index contributed by atoms with van der Waals surface area (Å²) in [5, 5.41) is 5.90. The number of aromatic nitrogens is 1. The largest absolute Gasteiger partial charge is 0.344 e. The molecule has 39 heavy (non-hydrogen) atoms. The minimum absolute atomic E-state index is 0.177. The van der Waals surface area contributed by atoms with Crippen molar-refractivity contribution in [1.82, 2.24) is 15.2 Å². The number of aryl methyl sites for hydroxylation is 1. The number of allylic oxidation sites excluding steroid dienone is 1. The Morgan fingerprint density at radius 3 is 2.64 bits per heavy atom. The van der Waals surface area contributed by atoms with E-state index in [1.165, 1.54) is 0 Å². The standard InChI is InChI=1S/C30H35N7O2/c1-6-8-22-14-15-32-26(19-22)34-30(39)24-12-10-23(11-13-24)29-35-28(25-20-31-16-18-37(25,29)5)21(2)33-27(38)9-7-17-36(3)4/h7,9-16,18-21H,6,8,17H2,1-5H3,(H-,32,33,34,38,39)/p+1/b9-7+. The number of amidine groups is 1. The highest BCUT2D eigenvalue weighted by molar-refractivity contribution is 6.05. The van der Waals surface area contributed by atoms with Crippen LogP contribution in [0.15, 0.2) is 88.5 Å². The molecule has 4 rings (SSSR count). The van der Waals surface area contributed by atoms with Gasteiger partial charge in [0.2, 0.25) is 11.7 Å². The fourth-order valence-corrected chi connectivity index (χ4v) is 4.55. The summed E-state index contributed by atoms with van der Waals surface area (Å²) in [6, 6.07) is 10.9. The van der Waals surface area contributed by atoms with Crippen molar-refractivity contribution in [1.29, 1.82) is 0 Å². The Labute approximate surface area is 230 Å². The van der Waals surface area contributed by atoms with Crippen LogP contribution in [0.25, 0.3) is 0 Å². The van der Waals surface area contributed by atoms with Gasteiger partial charge in [-0.05, 0) is 69.4 Å². The zero-order chi connectivity index (χ0) is 28.0. The molecule has 2 amide bonds. The Balaban J connectivity index is 1.52. The maximum Gasteiger partial charge on any atom is 0.256 e. The van der Waals surface area contributed by atoms with Crippen LogP contribution in [0.1, 0.15) is 41.8 Å². The highest BCUT2D eigenvalue weighted by Crippen LogP contribution is 2.34. The molecule has 0 bridgehead atoms. The summed E-state index contributed by atoms with van der Waals surface area (Å²) in [7, 11) is 5.93. The highest BCUT2D eigenvalue weighted by Gasteiger charge is 2.43. The van der Waals surface area contributed by atoms with Gasteiger partial charge in [-0.1, -0.05) is 19.4 Å². The van der Waals surface area contributed by atoms with Crippen LogP contribution >= 0.6 is 0 Å². The van der Waals surface area contributed by atoms with Gasteiger partial charge in [-0.15, -0.1) is 0 Å². The van der Waals surface area contributed by atoms with Crippen molar-refractivity contribution >= 4 is 29.7 Å². The van der Waals surface area contributed by atoms with Gasteiger partial charge in [-0.3, -0.25) is 14.6 Å². The van der Waals surface area contributed by atoms with E-state index in [4.69, 9.17) is 4.99 Å². The van der Waals surface area contributed by atoms with Gasteiger partial charge in [0, 0.05) is 24.4 Å². The minimum atomic E-state index is -0.328. The van der Waals surface area contributed by atoms with Crippen molar-refractivity contribution in [2.75, 3.05) is 33.0 Å². The van der Waals surface area contributed by atoms with Gasteiger partial charge in [0.1, 0.15) is 17.7 Å². The average molecular weight is 527 g/mol. The molecular formula is C30H36N7O2+. The summed E-state index contributed by atoms with van der Waals surface area (Å²) in [4.78, 5) is 40.9. The van der Waals surface area contributed by atoms with Crippen molar-refractivity contribution < 1.29 is 14.1 Å². The molecule has 1 aromatic heterocycles. The van der Waals surface area contributed by atoms with Crippen LogP contribution < -0.4 is 10.6 Å². The van der Waals surface area contributed by atoms with Crippen molar-refractivity contribution in [2.24, 2.45) is 9.98 Å². The first-order valence-electron chi connectivity index (χ1n) is 13.1. The molecule has 3 heterocycles. The van der Waals surface area contributed by atoms with Gasteiger partial charge in [-0.2, -0.15) is 4.99 Å². The molecule has 0 fully saturated rings. The Kier molecular flexibility index (Phi) is 8.63. The fraction of sp³-hybridized carbons (Fsp3) is 0.300. The molecule has 1 aromatic carbocycles. The number of quaternary nitrogens is 1. The number of nitrogens with zero attached hydrogens (tertiary/aromatic N) is 5. The number of anilines is 1. The molecule has 0 radical (unpaired) electrons. The van der Waals surface area contributed by atoms with E-state index in [1.54, 1.807) is 36.8 Å². The second-order valence-corrected chi connectivity index (χ2v) is 10.1. The maximum absolute atomic E-state index is 12.9. The zero-order valence-corrected chi connectivity index (χ0v) is 23.2. The van der Waals surface area contributed by atoms with Crippen LogP contribution in [-0.4, -0.2) is 72.0 Å². The molecule has 0 saturated carbocycles. The number of benzene rings is 1. The van der Waals surface area contributed by atoms with E-state index in [9.17, 15) is 9.59 Å². The lowest BCUT2D eigenvalue weighted by atomic mass is 10.1. The van der Waals surface area contributed by atoms with Gasteiger partial charge >= 0.3 is 0 Å². The number of amides is 2. The third-order valence-corrected chi connectivity index (χ3v) is 6.60. The van der Waals surface area contributed by atoms with Crippen molar-refractivity contribution in [3.63, 3.8) is 0 Å². The molecule has 2 aliphatic heterocycles. The molecule has 2 atom stereocenters. The summed E-state index contributed by atoms with van der Waals surface area (Å²) in [6.07, 6.45) is 12.5. The van der Waals surface area contributed by atoms with Gasteiger partial charge in [0.15, 0.2) is 5.70 Å². The number of fused-ring (bicyclic) bond motifs is 1. The second kappa shape index (κ2) is 12.1. The van der Waals surface area contributed by atoms with E-state index in [2.05, 4.69) is 27.5 Å². The molecule has 2 aliphatic rings. The highest BCUT2D eigenvalue weighted by atomic mass is 16.2. The van der Waals surface area contributed by atoms with Crippen LogP contribution in [0.3, 0.4) is 0 Å². The number of carbonyl (C=O) groups excluding carboxylic acids is 2. The summed E-state index contributed by atoms with van der Waals surface area (Å²) in [6.45, 7) is 4.72. The lowest BCUT2D eigenvalue weighted by molar-refractivity contribution is -0.713. The second-order valence-electron chi connectivity index (χ2n) is 10.1. The Morgan fingerprint density at radius 2 is 1.92 bits per heavy atom. The molecule has 202 valence electrons. The average Bonchev–Trinajstić information content (AvgIpc) is 3.22. The van der Waals surface area contributed by atoms with E-state index in [1.807, 2.05) is 69.5 Å². The summed E-state index contributed by atoms with van der Waals surface area (Å²) in [5.41, 5.74) is 4.17. The molecule has 0 spiro atoms. The summed E-state index contributed by atoms with van der Waals surface area (Å²) >= 11 is 0.